The maximum absolute atomic E-state index is 12.5. The molecule has 1 aromatic heterocycles. The van der Waals surface area contributed by atoms with Gasteiger partial charge in [-0.05, 0) is 24.3 Å². The summed E-state index contributed by atoms with van der Waals surface area (Å²) >= 11 is 7.36. The molecule has 0 saturated carbocycles. The number of piperazine rings is 1. The van der Waals surface area contributed by atoms with Crippen LogP contribution >= 0.6 is 35.3 Å². The number of nitrogens with one attached hydrogen (secondary N) is 1. The lowest BCUT2D eigenvalue weighted by Gasteiger charge is -2.36. The van der Waals surface area contributed by atoms with Crippen LogP contribution in [-0.4, -0.2) is 55.6 Å². The summed E-state index contributed by atoms with van der Waals surface area (Å²) in [7, 11) is 1.69. The SMILES string of the molecule is COc1ccccc1N1CCN(CC(=O)Nc2nc(-c3ccc(Cl)cc3)cs2)CC1.Cl. The molecular weight excluding hydrogens is 455 g/mol. The number of ether oxygens (including phenoxy) is 1. The largest absolute Gasteiger partial charge is 0.495 e. The van der Waals surface area contributed by atoms with E-state index in [1.165, 1.54) is 11.3 Å². The van der Waals surface area contributed by atoms with Crippen molar-refractivity contribution in [2.45, 2.75) is 0 Å². The predicted octanol–water partition coefficient (Wildman–Crippen LogP) is 4.65. The third-order valence-corrected chi connectivity index (χ3v) is 6.07. The molecule has 1 fully saturated rings. The minimum atomic E-state index is -0.0438. The van der Waals surface area contributed by atoms with E-state index in [0.29, 0.717) is 16.7 Å². The van der Waals surface area contributed by atoms with Crippen molar-refractivity contribution in [2.24, 2.45) is 0 Å². The average molecular weight is 479 g/mol. The maximum Gasteiger partial charge on any atom is 0.240 e. The first kappa shape index (κ1) is 23.3. The van der Waals surface area contributed by atoms with Crippen molar-refractivity contribution >= 4 is 52.1 Å². The van der Waals surface area contributed by atoms with Crippen LogP contribution in [0.25, 0.3) is 11.3 Å². The van der Waals surface area contributed by atoms with Crippen molar-refractivity contribution in [3.63, 3.8) is 0 Å². The number of amides is 1. The second kappa shape index (κ2) is 10.8. The number of hydrogen-bond acceptors (Lipinski definition) is 6. The average Bonchev–Trinajstić information content (AvgIpc) is 3.23. The van der Waals surface area contributed by atoms with Gasteiger partial charge in [-0.15, -0.1) is 23.7 Å². The molecule has 2 heterocycles. The van der Waals surface area contributed by atoms with Crippen LogP contribution in [-0.2, 0) is 4.79 Å². The topological polar surface area (TPSA) is 57.7 Å². The summed E-state index contributed by atoms with van der Waals surface area (Å²) in [6.07, 6.45) is 0. The fourth-order valence-electron chi connectivity index (χ4n) is 3.48. The molecule has 0 radical (unpaired) electrons. The van der Waals surface area contributed by atoms with Crippen LogP contribution in [0, 0.1) is 0 Å². The van der Waals surface area contributed by atoms with Crippen LogP contribution in [0.1, 0.15) is 0 Å². The summed E-state index contributed by atoms with van der Waals surface area (Å²) in [5, 5.41) is 6.15. The molecular formula is C22H24Cl2N4O2S. The van der Waals surface area contributed by atoms with E-state index in [1.54, 1.807) is 7.11 Å². The third kappa shape index (κ3) is 5.89. The summed E-state index contributed by atoms with van der Waals surface area (Å²) in [5.74, 6) is 0.835. The van der Waals surface area contributed by atoms with Crippen LogP contribution in [0.2, 0.25) is 5.02 Å². The van der Waals surface area contributed by atoms with E-state index < -0.39 is 0 Å². The van der Waals surface area contributed by atoms with Gasteiger partial charge in [0, 0.05) is 42.1 Å². The summed E-state index contributed by atoms with van der Waals surface area (Å²) in [6, 6.07) is 15.5. The van der Waals surface area contributed by atoms with Crippen LogP contribution in [0.15, 0.2) is 53.9 Å². The number of nitrogens with zero attached hydrogens (tertiary/aromatic N) is 3. The number of rotatable bonds is 6. The fourth-order valence-corrected chi connectivity index (χ4v) is 4.35. The van der Waals surface area contributed by atoms with E-state index in [4.69, 9.17) is 16.3 Å². The van der Waals surface area contributed by atoms with Crippen LogP contribution in [0.3, 0.4) is 0 Å². The van der Waals surface area contributed by atoms with Gasteiger partial charge in [-0.25, -0.2) is 4.98 Å². The van der Waals surface area contributed by atoms with Gasteiger partial charge in [0.05, 0.1) is 25.0 Å². The van der Waals surface area contributed by atoms with Crippen molar-refractivity contribution in [2.75, 3.05) is 50.1 Å². The summed E-state index contributed by atoms with van der Waals surface area (Å²) < 4.78 is 5.46. The zero-order valence-corrected chi connectivity index (χ0v) is 19.5. The number of carbonyl (C=O) groups is 1. The molecule has 3 aromatic rings. The van der Waals surface area contributed by atoms with Gasteiger partial charge in [-0.3, -0.25) is 9.69 Å². The monoisotopic (exact) mass is 478 g/mol. The van der Waals surface area contributed by atoms with Gasteiger partial charge in [0.15, 0.2) is 5.13 Å². The Morgan fingerprint density at radius 2 is 1.84 bits per heavy atom. The maximum atomic E-state index is 12.5. The minimum Gasteiger partial charge on any atom is -0.495 e. The molecule has 1 aliphatic heterocycles. The first-order valence-corrected chi connectivity index (χ1v) is 11.0. The Morgan fingerprint density at radius 3 is 2.55 bits per heavy atom. The molecule has 6 nitrogen and oxygen atoms in total. The fraction of sp³-hybridized carbons (Fsp3) is 0.273. The summed E-state index contributed by atoms with van der Waals surface area (Å²) in [5.41, 5.74) is 2.91. The van der Waals surface area contributed by atoms with E-state index in [2.05, 4.69) is 26.2 Å². The lowest BCUT2D eigenvalue weighted by Crippen LogP contribution is -2.48. The van der Waals surface area contributed by atoms with E-state index >= 15 is 0 Å². The number of benzene rings is 2. The molecule has 9 heteroatoms. The van der Waals surface area contributed by atoms with E-state index in [9.17, 15) is 4.79 Å². The van der Waals surface area contributed by atoms with Gasteiger partial charge in [0.25, 0.3) is 0 Å². The number of anilines is 2. The Hall–Kier alpha value is -2.32. The quantitative estimate of drug-likeness (QED) is 0.558. The first-order chi connectivity index (χ1) is 14.6. The Morgan fingerprint density at radius 1 is 1.13 bits per heavy atom. The number of hydrogen-bond donors (Lipinski definition) is 1. The van der Waals surface area contributed by atoms with E-state index in [1.807, 2.05) is 47.8 Å². The number of thiazole rings is 1. The van der Waals surface area contributed by atoms with E-state index in [-0.39, 0.29) is 18.3 Å². The van der Waals surface area contributed by atoms with Crippen LogP contribution in [0.5, 0.6) is 5.75 Å². The number of methoxy groups -OCH3 is 1. The predicted molar refractivity (Wildman–Crippen MR) is 130 cm³/mol. The minimum absolute atomic E-state index is 0. The van der Waals surface area contributed by atoms with Crippen molar-refractivity contribution in [1.82, 2.24) is 9.88 Å². The Labute approximate surface area is 197 Å². The smallest absolute Gasteiger partial charge is 0.240 e. The molecule has 0 bridgehead atoms. The highest BCUT2D eigenvalue weighted by Crippen LogP contribution is 2.28. The lowest BCUT2D eigenvalue weighted by molar-refractivity contribution is -0.117. The van der Waals surface area contributed by atoms with Crippen LogP contribution < -0.4 is 15.0 Å². The molecule has 0 atom stereocenters. The van der Waals surface area contributed by atoms with Crippen molar-refractivity contribution in [1.29, 1.82) is 0 Å². The molecule has 4 rings (SSSR count). The second-order valence-corrected chi connectivity index (χ2v) is 8.32. The highest BCUT2D eigenvalue weighted by atomic mass is 35.5. The molecule has 1 aliphatic rings. The molecule has 164 valence electrons. The van der Waals surface area contributed by atoms with Gasteiger partial charge >= 0.3 is 0 Å². The normalized spacial score (nSPS) is 14.1. The van der Waals surface area contributed by atoms with Gasteiger partial charge < -0.3 is 15.0 Å². The zero-order valence-electron chi connectivity index (χ0n) is 17.1. The van der Waals surface area contributed by atoms with Crippen molar-refractivity contribution in [3.05, 3.63) is 58.9 Å². The standard InChI is InChI=1S/C22H23ClN4O2S.ClH/c1-29-20-5-3-2-4-19(20)27-12-10-26(11-13-27)14-21(28)25-22-24-18(15-30-22)16-6-8-17(23)9-7-16;/h2-9,15H,10-14H2,1H3,(H,24,25,28);1H. The van der Waals surface area contributed by atoms with Crippen molar-refractivity contribution < 1.29 is 9.53 Å². The molecule has 1 amide bonds. The number of aromatic nitrogens is 1. The molecule has 1 N–H and O–H groups in total. The Balaban J connectivity index is 0.00000272. The van der Waals surface area contributed by atoms with Gasteiger partial charge in [-0.1, -0.05) is 35.9 Å². The molecule has 2 aromatic carbocycles. The van der Waals surface area contributed by atoms with Gasteiger partial charge in [-0.2, -0.15) is 0 Å². The van der Waals surface area contributed by atoms with Crippen LogP contribution in [0.4, 0.5) is 10.8 Å². The van der Waals surface area contributed by atoms with E-state index in [0.717, 1.165) is 48.9 Å². The highest BCUT2D eigenvalue weighted by molar-refractivity contribution is 7.14. The highest BCUT2D eigenvalue weighted by Gasteiger charge is 2.21. The van der Waals surface area contributed by atoms with Gasteiger partial charge in [0.1, 0.15) is 5.75 Å². The summed E-state index contributed by atoms with van der Waals surface area (Å²) in [4.78, 5) is 21.5. The third-order valence-electron chi connectivity index (χ3n) is 5.06. The number of carbonyl (C=O) groups excluding carboxylic acids is 1. The number of para-hydroxylation sites is 2. The molecule has 0 spiro atoms. The zero-order chi connectivity index (χ0) is 20.9. The molecule has 31 heavy (non-hydrogen) atoms. The first-order valence-electron chi connectivity index (χ1n) is 9.74. The van der Waals surface area contributed by atoms with Gasteiger partial charge in [0.2, 0.25) is 5.91 Å². The Bertz CT molecular complexity index is 1000. The molecule has 0 unspecified atom stereocenters. The second-order valence-electron chi connectivity index (χ2n) is 7.03. The molecule has 0 aliphatic carbocycles. The molecule has 1 saturated heterocycles. The number of halogens is 2. The Kier molecular flexibility index (Phi) is 8.15. The summed E-state index contributed by atoms with van der Waals surface area (Å²) in [6.45, 7) is 3.70. The van der Waals surface area contributed by atoms with Crippen molar-refractivity contribution in [3.8, 4) is 17.0 Å². The lowest BCUT2D eigenvalue weighted by atomic mass is 10.2.